The minimum Gasteiger partial charge on any atom is -0.378 e. The molecule has 3 aromatic rings. The van der Waals surface area contributed by atoms with Crippen LogP contribution in [-0.2, 0) is 4.74 Å². The molecule has 0 saturated carbocycles. The van der Waals surface area contributed by atoms with Crippen LogP contribution in [0.2, 0.25) is 0 Å². The van der Waals surface area contributed by atoms with Gasteiger partial charge in [0.15, 0.2) is 6.29 Å². The van der Waals surface area contributed by atoms with Crippen molar-refractivity contribution in [3.8, 4) is 11.1 Å². The van der Waals surface area contributed by atoms with Crippen molar-refractivity contribution < 1.29 is 14.3 Å². The molecule has 26 heavy (non-hydrogen) atoms. The van der Waals surface area contributed by atoms with E-state index < -0.39 is 0 Å². The molecule has 0 N–H and O–H groups in total. The monoisotopic (exact) mass is 348 g/mol. The second-order valence-electron chi connectivity index (χ2n) is 5.98. The highest BCUT2D eigenvalue weighted by atomic mass is 16.5. The van der Waals surface area contributed by atoms with Crippen LogP contribution < -0.4 is 0 Å². The fourth-order valence-corrected chi connectivity index (χ4v) is 3.07. The van der Waals surface area contributed by atoms with Crippen LogP contribution in [0, 0.1) is 0 Å². The summed E-state index contributed by atoms with van der Waals surface area (Å²) in [5.41, 5.74) is 3.09. The van der Waals surface area contributed by atoms with Crippen LogP contribution in [0.5, 0.6) is 0 Å². The summed E-state index contributed by atoms with van der Waals surface area (Å²) in [6, 6.07) is 7.02. The molecule has 0 bridgehead atoms. The van der Waals surface area contributed by atoms with Crippen molar-refractivity contribution in [1.29, 1.82) is 0 Å². The Kier molecular flexibility index (Phi) is 4.37. The van der Waals surface area contributed by atoms with Crippen molar-refractivity contribution in [2.75, 3.05) is 26.3 Å². The number of carbonyl (C=O) groups excluding carboxylic acids is 2. The number of morpholine rings is 1. The third kappa shape index (κ3) is 3.04. The number of ether oxygens (including phenoxy) is 1. The van der Waals surface area contributed by atoms with Gasteiger partial charge in [-0.05, 0) is 29.8 Å². The predicted molar refractivity (Wildman–Crippen MR) is 94.9 cm³/mol. The lowest BCUT2D eigenvalue weighted by molar-refractivity contribution is 0.0303. The van der Waals surface area contributed by atoms with Crippen LogP contribution in [0.1, 0.15) is 20.8 Å². The summed E-state index contributed by atoms with van der Waals surface area (Å²) in [5.74, 6) is -0.0371. The third-order valence-corrected chi connectivity index (χ3v) is 4.37. The molecule has 3 heterocycles. The molecule has 1 aliphatic rings. The molecule has 0 atom stereocenters. The largest absolute Gasteiger partial charge is 0.378 e. The van der Waals surface area contributed by atoms with Crippen molar-refractivity contribution in [3.05, 3.63) is 54.2 Å². The average Bonchev–Trinajstić information content (AvgIpc) is 2.73. The zero-order valence-electron chi connectivity index (χ0n) is 14.0. The SMILES string of the molecule is O=Cc1cc(-c2cncnc2)c2cc(C(=O)N3CCOCC3)ccc2n1. The van der Waals surface area contributed by atoms with E-state index in [1.807, 2.05) is 6.07 Å². The number of aldehydes is 1. The number of hydrogen-bond acceptors (Lipinski definition) is 6. The second-order valence-corrected chi connectivity index (χ2v) is 5.98. The number of fused-ring (bicyclic) bond motifs is 1. The Labute approximate surface area is 149 Å². The molecule has 4 rings (SSSR count). The molecule has 1 amide bonds. The highest BCUT2D eigenvalue weighted by Crippen LogP contribution is 2.28. The lowest BCUT2D eigenvalue weighted by Gasteiger charge is -2.27. The highest BCUT2D eigenvalue weighted by molar-refractivity contribution is 6.03. The summed E-state index contributed by atoms with van der Waals surface area (Å²) < 4.78 is 5.31. The van der Waals surface area contributed by atoms with Gasteiger partial charge in [0.1, 0.15) is 12.0 Å². The Hall–Kier alpha value is -3.19. The van der Waals surface area contributed by atoms with Gasteiger partial charge < -0.3 is 9.64 Å². The van der Waals surface area contributed by atoms with E-state index in [2.05, 4.69) is 15.0 Å². The lowest BCUT2D eigenvalue weighted by Crippen LogP contribution is -2.40. The van der Waals surface area contributed by atoms with Crippen molar-refractivity contribution in [3.63, 3.8) is 0 Å². The Morgan fingerprint density at radius 3 is 2.62 bits per heavy atom. The number of pyridine rings is 1. The second kappa shape index (κ2) is 6.97. The maximum Gasteiger partial charge on any atom is 0.254 e. The van der Waals surface area contributed by atoms with Crippen LogP contribution in [0.3, 0.4) is 0 Å². The van der Waals surface area contributed by atoms with Crippen LogP contribution in [0.4, 0.5) is 0 Å². The van der Waals surface area contributed by atoms with Crippen molar-refractivity contribution in [1.82, 2.24) is 19.9 Å². The molecular formula is C19H16N4O3. The Balaban J connectivity index is 1.84. The normalized spacial score (nSPS) is 14.4. The van der Waals surface area contributed by atoms with Crippen molar-refractivity contribution in [2.24, 2.45) is 0 Å². The first-order chi connectivity index (χ1) is 12.8. The van der Waals surface area contributed by atoms with E-state index in [4.69, 9.17) is 4.74 Å². The maximum absolute atomic E-state index is 12.8. The first-order valence-electron chi connectivity index (χ1n) is 8.28. The number of aromatic nitrogens is 3. The summed E-state index contributed by atoms with van der Waals surface area (Å²) >= 11 is 0. The van der Waals surface area contributed by atoms with Crippen LogP contribution in [-0.4, -0.2) is 58.3 Å². The molecule has 1 aromatic carbocycles. The standard InChI is InChI=1S/C19H16N4O3/c24-11-15-8-16(14-9-20-12-21-10-14)17-7-13(1-2-18(17)22-15)19(25)23-3-5-26-6-4-23/h1-2,7-12H,3-6H2. The number of carbonyl (C=O) groups is 2. The minimum atomic E-state index is -0.0371. The number of rotatable bonds is 3. The molecular weight excluding hydrogens is 332 g/mol. The molecule has 7 nitrogen and oxygen atoms in total. The zero-order chi connectivity index (χ0) is 17.9. The van der Waals surface area contributed by atoms with E-state index in [9.17, 15) is 9.59 Å². The zero-order valence-corrected chi connectivity index (χ0v) is 14.0. The fourth-order valence-electron chi connectivity index (χ4n) is 3.07. The number of hydrogen-bond donors (Lipinski definition) is 0. The van der Waals surface area contributed by atoms with Gasteiger partial charge in [0, 0.05) is 42.0 Å². The number of nitrogens with zero attached hydrogens (tertiary/aromatic N) is 4. The summed E-state index contributed by atoms with van der Waals surface area (Å²) in [6.07, 6.45) is 5.50. The summed E-state index contributed by atoms with van der Waals surface area (Å²) in [5, 5.41) is 0.782. The van der Waals surface area contributed by atoms with Crippen molar-refractivity contribution in [2.45, 2.75) is 0 Å². The van der Waals surface area contributed by atoms with Gasteiger partial charge in [0.05, 0.1) is 18.7 Å². The molecule has 0 unspecified atom stereocenters. The average molecular weight is 348 g/mol. The van der Waals surface area contributed by atoms with Gasteiger partial charge >= 0.3 is 0 Å². The van der Waals surface area contributed by atoms with E-state index in [-0.39, 0.29) is 5.91 Å². The fraction of sp³-hybridized carbons (Fsp3) is 0.211. The van der Waals surface area contributed by atoms with E-state index in [0.717, 1.165) is 16.5 Å². The Morgan fingerprint density at radius 2 is 1.88 bits per heavy atom. The smallest absolute Gasteiger partial charge is 0.254 e. The molecule has 1 aliphatic heterocycles. The highest BCUT2D eigenvalue weighted by Gasteiger charge is 2.19. The van der Waals surface area contributed by atoms with Gasteiger partial charge in [-0.2, -0.15) is 0 Å². The van der Waals surface area contributed by atoms with E-state index in [1.165, 1.54) is 6.33 Å². The Morgan fingerprint density at radius 1 is 1.12 bits per heavy atom. The first kappa shape index (κ1) is 16.3. The van der Waals surface area contributed by atoms with Gasteiger partial charge in [-0.1, -0.05) is 0 Å². The molecule has 1 saturated heterocycles. The molecule has 7 heteroatoms. The Bertz CT molecular complexity index is 969. The molecule has 0 spiro atoms. The van der Waals surface area contributed by atoms with Crippen LogP contribution in [0.15, 0.2) is 43.0 Å². The minimum absolute atomic E-state index is 0.0371. The van der Waals surface area contributed by atoms with Crippen LogP contribution >= 0.6 is 0 Å². The van der Waals surface area contributed by atoms with Gasteiger partial charge in [-0.3, -0.25) is 9.59 Å². The topological polar surface area (TPSA) is 85.3 Å². The van der Waals surface area contributed by atoms with E-state index >= 15 is 0 Å². The van der Waals surface area contributed by atoms with Gasteiger partial charge in [0.2, 0.25) is 0 Å². The molecule has 1 fully saturated rings. The summed E-state index contributed by atoms with van der Waals surface area (Å²) in [7, 11) is 0. The lowest BCUT2D eigenvalue weighted by atomic mass is 10.00. The van der Waals surface area contributed by atoms with Gasteiger partial charge in [-0.15, -0.1) is 0 Å². The van der Waals surface area contributed by atoms with Crippen LogP contribution in [0.25, 0.3) is 22.0 Å². The predicted octanol–water partition coefficient (Wildman–Crippen LogP) is 1.98. The van der Waals surface area contributed by atoms with Gasteiger partial charge in [0.25, 0.3) is 5.91 Å². The summed E-state index contributed by atoms with van der Waals surface area (Å²) in [4.78, 5) is 38.2. The van der Waals surface area contributed by atoms with Gasteiger partial charge in [-0.25, -0.2) is 15.0 Å². The third-order valence-electron chi connectivity index (χ3n) is 4.37. The van der Waals surface area contributed by atoms with E-state index in [1.54, 1.807) is 35.5 Å². The maximum atomic E-state index is 12.8. The number of benzene rings is 1. The molecule has 0 aliphatic carbocycles. The molecule has 0 radical (unpaired) electrons. The molecule has 130 valence electrons. The first-order valence-corrected chi connectivity index (χ1v) is 8.28. The summed E-state index contributed by atoms with van der Waals surface area (Å²) in [6.45, 7) is 2.27. The number of amides is 1. The molecule has 2 aromatic heterocycles. The van der Waals surface area contributed by atoms with E-state index in [0.29, 0.717) is 49.4 Å². The quantitative estimate of drug-likeness (QED) is 0.673. The van der Waals surface area contributed by atoms with Crippen molar-refractivity contribution >= 4 is 23.1 Å².